The maximum atomic E-state index is 12.0. The lowest BCUT2D eigenvalue weighted by Crippen LogP contribution is -2.41. The monoisotopic (exact) mass is 412 g/mol. The Bertz CT molecular complexity index is 538. The zero-order chi connectivity index (χ0) is 18.3. The van der Waals surface area contributed by atoms with Crippen LogP contribution in [0.4, 0.5) is 0 Å². The van der Waals surface area contributed by atoms with Crippen LogP contribution < -0.4 is 16.0 Å². The van der Waals surface area contributed by atoms with Gasteiger partial charge in [0, 0.05) is 49.4 Å². The number of aliphatic imine (C=N–C) groups is 1. The first-order chi connectivity index (χ1) is 12.2. The predicted molar refractivity (Wildman–Crippen MR) is 106 cm³/mol. The lowest BCUT2D eigenvalue weighted by atomic mass is 10.2. The van der Waals surface area contributed by atoms with E-state index in [0.717, 1.165) is 49.6 Å². The second-order valence-electron chi connectivity index (χ2n) is 5.36. The average Bonchev–Trinajstić information content (AvgIpc) is 2.61. The van der Waals surface area contributed by atoms with E-state index in [1.807, 2.05) is 26.0 Å². The van der Waals surface area contributed by atoms with Gasteiger partial charge in [-0.3, -0.25) is 9.79 Å². The zero-order valence-electron chi connectivity index (χ0n) is 15.1. The Labute approximate surface area is 158 Å². The van der Waals surface area contributed by atoms with E-state index < -0.39 is 0 Å². The molecule has 0 saturated carbocycles. The molecule has 0 atom stereocenters. The molecule has 0 aliphatic rings. The number of nitrogens with one attached hydrogen (secondary N) is 3. The molecule has 0 radical (unpaired) electrons. The molecule has 140 valence electrons. The van der Waals surface area contributed by atoms with Gasteiger partial charge in [0.15, 0.2) is 5.96 Å². The molecule has 0 aliphatic carbocycles. The summed E-state index contributed by atoms with van der Waals surface area (Å²) in [5.74, 6) is 0.691. The van der Waals surface area contributed by atoms with Gasteiger partial charge >= 0.3 is 0 Å². The molecule has 1 aromatic rings. The molecule has 1 rings (SSSR count). The standard InChI is InChI=1S/C18H29BrN4O2/c1-3-20-18(22-10-5-6-13-25-4-2)23-12-11-21-17(24)15-8-7-9-16(19)14-15/h7-9,14H,3-6,10-13H2,1-2H3,(H,21,24)(H2,20,22,23). The molecule has 0 aromatic heterocycles. The first-order valence-electron chi connectivity index (χ1n) is 8.81. The van der Waals surface area contributed by atoms with E-state index >= 15 is 0 Å². The molecule has 25 heavy (non-hydrogen) atoms. The van der Waals surface area contributed by atoms with E-state index in [9.17, 15) is 4.79 Å². The highest BCUT2D eigenvalue weighted by Crippen LogP contribution is 2.11. The fourth-order valence-corrected chi connectivity index (χ4v) is 2.48. The summed E-state index contributed by atoms with van der Waals surface area (Å²) in [6.07, 6.45) is 2.01. The number of unbranched alkanes of at least 4 members (excludes halogenated alkanes) is 1. The van der Waals surface area contributed by atoms with E-state index in [2.05, 4.69) is 36.9 Å². The van der Waals surface area contributed by atoms with E-state index in [-0.39, 0.29) is 5.91 Å². The number of carbonyl (C=O) groups excluding carboxylic acids is 1. The molecule has 0 bridgehead atoms. The van der Waals surface area contributed by atoms with Crippen LogP contribution in [0.3, 0.4) is 0 Å². The minimum atomic E-state index is -0.0824. The number of guanidine groups is 1. The predicted octanol–water partition coefficient (Wildman–Crippen LogP) is 2.55. The molecule has 1 amide bonds. The second kappa shape index (κ2) is 13.7. The molecular formula is C18H29BrN4O2. The molecule has 0 spiro atoms. The van der Waals surface area contributed by atoms with Crippen LogP contribution in [-0.2, 0) is 4.74 Å². The summed E-state index contributed by atoms with van der Waals surface area (Å²) in [5.41, 5.74) is 0.643. The van der Waals surface area contributed by atoms with Crippen molar-refractivity contribution in [2.24, 2.45) is 4.99 Å². The second-order valence-corrected chi connectivity index (χ2v) is 6.27. The van der Waals surface area contributed by atoms with Crippen molar-refractivity contribution in [3.63, 3.8) is 0 Å². The van der Waals surface area contributed by atoms with Crippen LogP contribution in [0.1, 0.15) is 37.0 Å². The number of hydrogen-bond acceptors (Lipinski definition) is 3. The van der Waals surface area contributed by atoms with Crippen molar-refractivity contribution in [1.29, 1.82) is 0 Å². The van der Waals surface area contributed by atoms with E-state index in [4.69, 9.17) is 4.74 Å². The number of amides is 1. The maximum Gasteiger partial charge on any atom is 0.251 e. The third kappa shape index (κ3) is 10.1. The van der Waals surface area contributed by atoms with Gasteiger partial charge in [0.25, 0.3) is 5.91 Å². The van der Waals surface area contributed by atoms with Crippen LogP contribution in [0.5, 0.6) is 0 Å². The minimum Gasteiger partial charge on any atom is -0.382 e. The summed E-state index contributed by atoms with van der Waals surface area (Å²) < 4.78 is 6.20. The first kappa shape index (κ1) is 21.4. The van der Waals surface area contributed by atoms with Crippen LogP contribution in [-0.4, -0.2) is 51.3 Å². The normalized spacial score (nSPS) is 11.2. The molecule has 7 heteroatoms. The summed E-state index contributed by atoms with van der Waals surface area (Å²) in [7, 11) is 0. The summed E-state index contributed by atoms with van der Waals surface area (Å²) >= 11 is 3.37. The third-order valence-corrected chi connectivity index (χ3v) is 3.80. The van der Waals surface area contributed by atoms with Gasteiger partial charge in [-0.15, -0.1) is 0 Å². The van der Waals surface area contributed by atoms with Gasteiger partial charge < -0.3 is 20.7 Å². The van der Waals surface area contributed by atoms with Crippen molar-refractivity contribution in [2.45, 2.75) is 26.7 Å². The van der Waals surface area contributed by atoms with E-state index in [1.54, 1.807) is 12.1 Å². The first-order valence-corrected chi connectivity index (χ1v) is 9.60. The number of carbonyl (C=O) groups is 1. The summed E-state index contributed by atoms with van der Waals surface area (Å²) in [6, 6.07) is 7.34. The topological polar surface area (TPSA) is 74.8 Å². The summed E-state index contributed by atoms with van der Waals surface area (Å²) in [4.78, 5) is 16.6. The van der Waals surface area contributed by atoms with Crippen LogP contribution in [0.15, 0.2) is 33.7 Å². The highest BCUT2D eigenvalue weighted by molar-refractivity contribution is 9.10. The van der Waals surface area contributed by atoms with Crippen molar-refractivity contribution in [3.8, 4) is 0 Å². The minimum absolute atomic E-state index is 0.0824. The lowest BCUT2D eigenvalue weighted by Gasteiger charge is -2.12. The van der Waals surface area contributed by atoms with Crippen LogP contribution in [0, 0.1) is 0 Å². The van der Waals surface area contributed by atoms with Gasteiger partial charge in [-0.25, -0.2) is 0 Å². The Morgan fingerprint density at radius 2 is 1.96 bits per heavy atom. The van der Waals surface area contributed by atoms with Gasteiger partial charge in [-0.1, -0.05) is 22.0 Å². The van der Waals surface area contributed by atoms with Gasteiger partial charge in [-0.2, -0.15) is 0 Å². The Kier molecular flexibility index (Phi) is 11.7. The molecule has 1 aromatic carbocycles. The van der Waals surface area contributed by atoms with Gasteiger partial charge in [0.2, 0.25) is 0 Å². The smallest absolute Gasteiger partial charge is 0.251 e. The Balaban J connectivity index is 2.26. The Morgan fingerprint density at radius 3 is 2.68 bits per heavy atom. The number of benzene rings is 1. The molecule has 6 nitrogen and oxygen atoms in total. The highest BCUT2D eigenvalue weighted by Gasteiger charge is 2.05. The molecular weight excluding hydrogens is 384 g/mol. The molecule has 0 heterocycles. The largest absolute Gasteiger partial charge is 0.382 e. The van der Waals surface area contributed by atoms with Crippen molar-refractivity contribution in [1.82, 2.24) is 16.0 Å². The van der Waals surface area contributed by atoms with Gasteiger partial charge in [0.05, 0.1) is 0 Å². The van der Waals surface area contributed by atoms with E-state index in [0.29, 0.717) is 18.7 Å². The molecule has 0 unspecified atom stereocenters. The lowest BCUT2D eigenvalue weighted by molar-refractivity contribution is 0.0954. The quantitative estimate of drug-likeness (QED) is 0.296. The van der Waals surface area contributed by atoms with Crippen LogP contribution in [0.2, 0.25) is 0 Å². The van der Waals surface area contributed by atoms with Crippen molar-refractivity contribution < 1.29 is 9.53 Å². The number of ether oxygens (including phenoxy) is 1. The van der Waals surface area contributed by atoms with Crippen LogP contribution in [0.25, 0.3) is 0 Å². The molecule has 0 fully saturated rings. The Hall–Kier alpha value is -1.60. The molecule has 0 aliphatic heterocycles. The summed E-state index contributed by atoms with van der Waals surface area (Å²) in [5, 5.41) is 9.32. The summed E-state index contributed by atoms with van der Waals surface area (Å²) in [6.45, 7) is 8.28. The zero-order valence-corrected chi connectivity index (χ0v) is 16.7. The van der Waals surface area contributed by atoms with Crippen LogP contribution >= 0.6 is 15.9 Å². The molecule has 0 saturated heterocycles. The Morgan fingerprint density at radius 1 is 1.16 bits per heavy atom. The number of nitrogens with zero attached hydrogens (tertiary/aromatic N) is 1. The van der Waals surface area contributed by atoms with E-state index in [1.165, 1.54) is 0 Å². The number of halogens is 1. The fraction of sp³-hybridized carbons (Fsp3) is 0.556. The third-order valence-electron chi connectivity index (χ3n) is 3.30. The molecule has 3 N–H and O–H groups in total. The van der Waals surface area contributed by atoms with Crippen molar-refractivity contribution in [3.05, 3.63) is 34.3 Å². The highest BCUT2D eigenvalue weighted by atomic mass is 79.9. The SMILES string of the molecule is CCNC(=NCCCCOCC)NCCNC(=O)c1cccc(Br)c1. The maximum absolute atomic E-state index is 12.0. The van der Waals surface area contributed by atoms with Crippen molar-refractivity contribution >= 4 is 27.8 Å². The van der Waals surface area contributed by atoms with Gasteiger partial charge in [0.1, 0.15) is 0 Å². The number of rotatable bonds is 11. The number of hydrogen-bond donors (Lipinski definition) is 3. The van der Waals surface area contributed by atoms with Crippen molar-refractivity contribution in [2.75, 3.05) is 39.4 Å². The average molecular weight is 413 g/mol. The fourth-order valence-electron chi connectivity index (χ4n) is 2.08. The van der Waals surface area contributed by atoms with Gasteiger partial charge in [-0.05, 0) is 44.9 Å².